The Morgan fingerprint density at radius 2 is 1.86 bits per heavy atom. The van der Waals surface area contributed by atoms with Crippen molar-refractivity contribution < 1.29 is 24.2 Å². The van der Waals surface area contributed by atoms with E-state index >= 15 is 0 Å². The van der Waals surface area contributed by atoms with Crippen molar-refractivity contribution in [1.29, 1.82) is 0 Å². The number of aliphatic hydroxyl groups is 2. The van der Waals surface area contributed by atoms with E-state index in [4.69, 9.17) is 23.2 Å². The Labute approximate surface area is 224 Å². The Balaban J connectivity index is 1.28. The molecule has 3 N–H and O–H groups in total. The normalized spacial score (nSPS) is 23.9. The summed E-state index contributed by atoms with van der Waals surface area (Å²) in [5.74, 6) is -1.25. The van der Waals surface area contributed by atoms with E-state index in [1.807, 2.05) is 17.5 Å². The largest absolute Gasteiger partial charge is 0.380 e. The van der Waals surface area contributed by atoms with Gasteiger partial charge in [-0.1, -0.05) is 29.3 Å². The summed E-state index contributed by atoms with van der Waals surface area (Å²) in [5.41, 5.74) is 1.95. The number of hydrogen-bond donors (Lipinski definition) is 3. The lowest BCUT2D eigenvalue weighted by atomic mass is 9.82. The Kier molecular flexibility index (Phi) is 9.28. The third-order valence-electron chi connectivity index (χ3n) is 7.20. The zero-order valence-corrected chi connectivity index (χ0v) is 22.2. The summed E-state index contributed by atoms with van der Waals surface area (Å²) >= 11 is 13.7. The zero-order chi connectivity index (χ0) is 25.8. The molecule has 1 unspecified atom stereocenters. The molecule has 3 atom stereocenters. The number of rotatable bonds is 8. The van der Waals surface area contributed by atoms with Gasteiger partial charge in [0.05, 0.1) is 6.54 Å². The number of thiophene rings is 1. The molecule has 2 amide bonds. The fourth-order valence-corrected chi connectivity index (χ4v) is 6.55. The maximum atomic E-state index is 13.5. The molecule has 2 heterocycles. The number of likely N-dealkylation sites (tertiary alicyclic amines) is 1. The van der Waals surface area contributed by atoms with Crippen LogP contribution in [0.3, 0.4) is 0 Å². The highest BCUT2D eigenvalue weighted by Crippen LogP contribution is 2.35. The molecule has 4 rings (SSSR count). The fourth-order valence-electron chi connectivity index (χ4n) is 5.24. The van der Waals surface area contributed by atoms with Gasteiger partial charge >= 0.3 is 0 Å². The number of aliphatic hydroxyl groups excluding tert-OH is 2. The average molecular weight is 558 g/mol. The predicted molar refractivity (Wildman–Crippen MR) is 139 cm³/mol. The third kappa shape index (κ3) is 6.58. The smallest absolute Gasteiger partial charge is 0.254 e. The Hall–Kier alpha value is -1.71. The SMILES string of the molecule is O=C(NCc1cc(Cc2ccc(Cl)cc2Cl)cs1)[C@H](O)[C@@H](O)C(=O)N1CCCC1C1CCC(F)CC1. The molecule has 1 aromatic heterocycles. The summed E-state index contributed by atoms with van der Waals surface area (Å²) < 4.78 is 13.5. The van der Waals surface area contributed by atoms with Crippen LogP contribution in [0.5, 0.6) is 0 Å². The second-order valence-corrected chi connectivity index (χ2v) is 11.5. The predicted octanol–water partition coefficient (Wildman–Crippen LogP) is 4.50. The van der Waals surface area contributed by atoms with E-state index in [1.54, 1.807) is 17.0 Å². The minimum atomic E-state index is -1.87. The lowest BCUT2D eigenvalue weighted by Crippen LogP contribution is -2.53. The molecule has 1 saturated heterocycles. The molecule has 196 valence electrons. The van der Waals surface area contributed by atoms with Gasteiger partial charge in [0.15, 0.2) is 12.2 Å². The van der Waals surface area contributed by atoms with Gasteiger partial charge in [0.1, 0.15) is 6.17 Å². The van der Waals surface area contributed by atoms with Gasteiger partial charge in [-0.25, -0.2) is 4.39 Å². The summed E-state index contributed by atoms with van der Waals surface area (Å²) in [6.07, 6.45) is 0.123. The molecular weight excluding hydrogens is 526 g/mol. The summed E-state index contributed by atoms with van der Waals surface area (Å²) in [7, 11) is 0. The first kappa shape index (κ1) is 27.3. The molecule has 6 nitrogen and oxygen atoms in total. The second kappa shape index (κ2) is 12.2. The summed E-state index contributed by atoms with van der Waals surface area (Å²) in [6.45, 7) is 0.634. The van der Waals surface area contributed by atoms with Crippen LogP contribution in [0.4, 0.5) is 4.39 Å². The first-order chi connectivity index (χ1) is 17.2. The first-order valence-corrected chi connectivity index (χ1v) is 13.9. The topological polar surface area (TPSA) is 89.9 Å². The Morgan fingerprint density at radius 3 is 2.58 bits per heavy atom. The molecular formula is C26H31Cl2FN2O4S. The minimum absolute atomic E-state index is 0.0754. The van der Waals surface area contributed by atoms with Crippen molar-refractivity contribution in [2.75, 3.05) is 6.54 Å². The molecule has 1 aliphatic heterocycles. The number of hydrogen-bond acceptors (Lipinski definition) is 5. The number of alkyl halides is 1. The van der Waals surface area contributed by atoms with Gasteiger partial charge in [0.25, 0.3) is 11.8 Å². The van der Waals surface area contributed by atoms with E-state index in [-0.39, 0.29) is 18.5 Å². The zero-order valence-electron chi connectivity index (χ0n) is 19.8. The highest BCUT2D eigenvalue weighted by molar-refractivity contribution is 7.10. The molecule has 0 radical (unpaired) electrons. The van der Waals surface area contributed by atoms with E-state index in [9.17, 15) is 24.2 Å². The number of benzene rings is 1. The summed E-state index contributed by atoms with van der Waals surface area (Å²) in [5, 5.41) is 26.6. The van der Waals surface area contributed by atoms with Crippen molar-refractivity contribution in [3.8, 4) is 0 Å². The van der Waals surface area contributed by atoms with Crippen LogP contribution < -0.4 is 5.32 Å². The maximum absolute atomic E-state index is 13.5. The second-order valence-electron chi connectivity index (χ2n) is 9.69. The number of halogens is 3. The first-order valence-electron chi connectivity index (χ1n) is 12.3. The quantitative estimate of drug-likeness (QED) is 0.446. The van der Waals surface area contributed by atoms with Crippen LogP contribution in [-0.4, -0.2) is 57.9 Å². The van der Waals surface area contributed by atoms with Crippen LogP contribution in [0.1, 0.15) is 54.5 Å². The van der Waals surface area contributed by atoms with Crippen molar-refractivity contribution in [3.05, 3.63) is 55.7 Å². The molecule has 1 saturated carbocycles. The van der Waals surface area contributed by atoms with Crippen LogP contribution >= 0.6 is 34.5 Å². The van der Waals surface area contributed by atoms with Gasteiger partial charge in [-0.15, -0.1) is 11.3 Å². The van der Waals surface area contributed by atoms with Gasteiger partial charge < -0.3 is 20.4 Å². The number of carbonyl (C=O) groups is 2. The van der Waals surface area contributed by atoms with Crippen LogP contribution in [-0.2, 0) is 22.6 Å². The van der Waals surface area contributed by atoms with Crippen molar-refractivity contribution in [1.82, 2.24) is 10.2 Å². The van der Waals surface area contributed by atoms with E-state index in [1.165, 1.54) is 11.3 Å². The van der Waals surface area contributed by atoms with E-state index in [0.29, 0.717) is 48.7 Å². The van der Waals surface area contributed by atoms with Gasteiger partial charge in [0, 0.05) is 27.5 Å². The van der Waals surface area contributed by atoms with Gasteiger partial charge in [0.2, 0.25) is 0 Å². The molecule has 2 aliphatic rings. The maximum Gasteiger partial charge on any atom is 0.254 e. The van der Waals surface area contributed by atoms with Crippen molar-refractivity contribution >= 4 is 46.4 Å². The number of nitrogens with one attached hydrogen (secondary N) is 1. The molecule has 0 bridgehead atoms. The number of carbonyl (C=O) groups excluding carboxylic acids is 2. The summed E-state index contributed by atoms with van der Waals surface area (Å²) in [6, 6.07) is 7.20. The van der Waals surface area contributed by atoms with Crippen LogP contribution in [0.2, 0.25) is 10.0 Å². The highest BCUT2D eigenvalue weighted by Gasteiger charge is 2.41. The van der Waals surface area contributed by atoms with E-state index < -0.39 is 30.2 Å². The molecule has 1 aromatic carbocycles. The van der Waals surface area contributed by atoms with Crippen LogP contribution in [0.15, 0.2) is 29.6 Å². The van der Waals surface area contributed by atoms with Crippen molar-refractivity contribution in [3.63, 3.8) is 0 Å². The molecule has 2 aromatic rings. The van der Waals surface area contributed by atoms with Crippen LogP contribution in [0, 0.1) is 5.92 Å². The number of amides is 2. The molecule has 36 heavy (non-hydrogen) atoms. The molecule has 0 spiro atoms. The van der Waals surface area contributed by atoms with Crippen LogP contribution in [0.25, 0.3) is 0 Å². The minimum Gasteiger partial charge on any atom is -0.380 e. The lowest BCUT2D eigenvalue weighted by molar-refractivity contribution is -0.154. The summed E-state index contributed by atoms with van der Waals surface area (Å²) in [4.78, 5) is 27.9. The fraction of sp³-hybridized carbons (Fsp3) is 0.538. The highest BCUT2D eigenvalue weighted by atomic mass is 35.5. The standard InChI is InChI=1S/C26H31Cl2FN2O4S/c27-18-6-3-17(21(28)12-18)10-15-11-20(36-14-15)13-30-25(34)23(32)24(33)26(35)31-9-1-2-22(31)16-4-7-19(29)8-5-16/h3,6,11-12,14,16,19,22-24,32-33H,1-2,4-5,7-10,13H2,(H,30,34)/t16?,19?,22?,23-,24-/m1/s1. The average Bonchev–Trinajstić information content (AvgIpc) is 3.53. The van der Waals surface area contributed by atoms with Gasteiger partial charge in [-0.2, -0.15) is 0 Å². The van der Waals surface area contributed by atoms with Crippen molar-refractivity contribution in [2.24, 2.45) is 5.92 Å². The monoisotopic (exact) mass is 556 g/mol. The van der Waals surface area contributed by atoms with E-state index in [2.05, 4.69) is 5.32 Å². The Morgan fingerprint density at radius 1 is 1.11 bits per heavy atom. The molecule has 1 aliphatic carbocycles. The molecule has 2 fully saturated rings. The molecule has 10 heteroatoms. The number of nitrogens with zero attached hydrogens (tertiary/aromatic N) is 1. The van der Waals surface area contributed by atoms with Gasteiger partial charge in [-0.05, 0) is 85.6 Å². The Bertz CT molecular complexity index is 1080. The van der Waals surface area contributed by atoms with Gasteiger partial charge in [-0.3, -0.25) is 9.59 Å². The lowest BCUT2D eigenvalue weighted by Gasteiger charge is -2.36. The third-order valence-corrected chi connectivity index (χ3v) is 8.78. The van der Waals surface area contributed by atoms with E-state index in [0.717, 1.165) is 28.8 Å². The van der Waals surface area contributed by atoms with Crippen molar-refractivity contribution in [2.45, 2.75) is 75.9 Å².